The molecule has 0 radical (unpaired) electrons. The normalized spacial score (nSPS) is 12.2. The fourth-order valence-electron chi connectivity index (χ4n) is 4.16. The van der Waals surface area contributed by atoms with E-state index in [9.17, 15) is 4.21 Å². The highest BCUT2D eigenvalue weighted by atomic mass is 32.2. The van der Waals surface area contributed by atoms with Crippen LogP contribution in [0.4, 0.5) is 5.69 Å². The van der Waals surface area contributed by atoms with E-state index in [1.807, 2.05) is 60.8 Å². The zero-order chi connectivity index (χ0) is 23.1. The van der Waals surface area contributed by atoms with Crippen molar-refractivity contribution in [3.8, 4) is 28.0 Å². The third kappa shape index (κ3) is 3.52. The molecule has 0 bridgehead atoms. The van der Waals surface area contributed by atoms with Gasteiger partial charge in [0.15, 0.2) is 0 Å². The number of nitrogens with two attached hydrogens (primary N) is 1. The van der Waals surface area contributed by atoms with E-state index in [1.54, 1.807) is 18.2 Å². The van der Waals surface area contributed by atoms with Crippen molar-refractivity contribution in [3.63, 3.8) is 0 Å². The molecule has 1 atom stereocenters. The number of hydrogen-bond donors (Lipinski definition) is 2. The number of rotatable bonds is 5. The lowest BCUT2D eigenvalue weighted by molar-refractivity contribution is 0.443. The Balaban J connectivity index is 1.59. The van der Waals surface area contributed by atoms with Crippen molar-refractivity contribution in [2.75, 3.05) is 5.73 Å². The van der Waals surface area contributed by atoms with Gasteiger partial charge in [0, 0.05) is 39.3 Å². The first-order valence-electron chi connectivity index (χ1n) is 10.7. The van der Waals surface area contributed by atoms with E-state index in [0.717, 1.165) is 44.2 Å². The number of H-pyrrole nitrogens is 1. The minimum Gasteiger partial charge on any atom is -0.452 e. The summed E-state index contributed by atoms with van der Waals surface area (Å²) in [6.45, 7) is 0. The van der Waals surface area contributed by atoms with E-state index in [0.29, 0.717) is 11.4 Å². The van der Waals surface area contributed by atoms with Gasteiger partial charge in [-0.1, -0.05) is 42.5 Å². The number of furan rings is 1. The lowest BCUT2D eigenvalue weighted by atomic mass is 9.92. The lowest BCUT2D eigenvalue weighted by Gasteiger charge is -2.12. The van der Waals surface area contributed by atoms with Crippen LogP contribution in [0.2, 0.25) is 0 Å². The Bertz CT molecular complexity index is 1640. The monoisotopic (exact) mass is 465 g/mol. The van der Waals surface area contributed by atoms with Crippen LogP contribution in [0.5, 0.6) is 5.75 Å². The summed E-state index contributed by atoms with van der Waals surface area (Å²) in [6.07, 6.45) is 3.35. The first-order valence-corrected chi connectivity index (χ1v) is 11.7. The number of benzene rings is 3. The number of aromatic amines is 1. The van der Waals surface area contributed by atoms with Gasteiger partial charge in [-0.15, -0.1) is 0 Å². The molecular weight excluding hydrogens is 446 g/mol. The summed E-state index contributed by atoms with van der Waals surface area (Å²) in [5.74, 6) is 0.472. The Morgan fingerprint density at radius 2 is 1.74 bits per heavy atom. The van der Waals surface area contributed by atoms with Crippen molar-refractivity contribution in [2.45, 2.75) is 5.09 Å². The van der Waals surface area contributed by atoms with Gasteiger partial charge in [-0.3, -0.25) is 0 Å². The molecule has 166 valence electrons. The summed E-state index contributed by atoms with van der Waals surface area (Å²) >= 11 is -1.75. The van der Waals surface area contributed by atoms with E-state index in [-0.39, 0.29) is 5.09 Å². The van der Waals surface area contributed by atoms with Crippen LogP contribution in [0.15, 0.2) is 107 Å². The van der Waals surface area contributed by atoms with Gasteiger partial charge in [0.05, 0.1) is 6.26 Å². The molecule has 0 saturated heterocycles. The fourth-order valence-corrected chi connectivity index (χ4v) is 4.84. The quantitative estimate of drug-likeness (QED) is 0.290. The molecule has 6 aromatic rings. The molecule has 0 spiro atoms. The van der Waals surface area contributed by atoms with Crippen LogP contribution in [0.25, 0.3) is 44.2 Å². The van der Waals surface area contributed by atoms with Crippen LogP contribution < -0.4 is 9.92 Å². The number of hydrogen-bond acceptors (Lipinski definition) is 5. The van der Waals surface area contributed by atoms with Crippen LogP contribution in [0.1, 0.15) is 0 Å². The maximum atomic E-state index is 12.5. The van der Waals surface area contributed by atoms with Crippen molar-refractivity contribution in [3.05, 3.63) is 97.4 Å². The molecule has 3 aromatic heterocycles. The predicted octanol–water partition coefficient (Wildman–Crippen LogP) is 6.33. The summed E-state index contributed by atoms with van der Waals surface area (Å²) in [4.78, 5) is 8.13. The molecule has 3 heterocycles. The SMILES string of the molecule is Nc1ccc(-c2cnc3[nH]c4ccc(OS(=O)c5ccco5)cc4c3c2-c2ccccc2)cc1. The largest absolute Gasteiger partial charge is 0.452 e. The van der Waals surface area contributed by atoms with Gasteiger partial charge in [-0.2, -0.15) is 0 Å². The Hall–Kier alpha value is -4.36. The molecule has 6 rings (SSSR count). The summed E-state index contributed by atoms with van der Waals surface area (Å²) < 4.78 is 23.4. The van der Waals surface area contributed by atoms with Gasteiger partial charge in [-0.05, 0) is 53.6 Å². The third-order valence-electron chi connectivity index (χ3n) is 5.71. The highest BCUT2D eigenvalue weighted by Crippen LogP contribution is 2.41. The summed E-state index contributed by atoms with van der Waals surface area (Å²) in [7, 11) is 0. The summed E-state index contributed by atoms with van der Waals surface area (Å²) in [5.41, 5.74) is 12.4. The third-order valence-corrected chi connectivity index (χ3v) is 6.61. The molecular formula is C27H19N3O3S. The van der Waals surface area contributed by atoms with Crippen LogP contribution in [0, 0.1) is 0 Å². The van der Waals surface area contributed by atoms with Crippen molar-refractivity contribution >= 4 is 38.7 Å². The number of nitrogens with one attached hydrogen (secondary N) is 1. The average molecular weight is 466 g/mol. The van der Waals surface area contributed by atoms with E-state index in [4.69, 9.17) is 19.3 Å². The van der Waals surface area contributed by atoms with Crippen LogP contribution in [-0.4, -0.2) is 14.2 Å². The zero-order valence-corrected chi connectivity index (χ0v) is 18.7. The number of pyridine rings is 1. The van der Waals surface area contributed by atoms with Gasteiger partial charge in [-0.25, -0.2) is 9.19 Å². The van der Waals surface area contributed by atoms with Crippen molar-refractivity contribution in [1.29, 1.82) is 0 Å². The van der Waals surface area contributed by atoms with Crippen LogP contribution in [0.3, 0.4) is 0 Å². The smallest absolute Gasteiger partial charge is 0.277 e. The van der Waals surface area contributed by atoms with Crippen molar-refractivity contribution in [2.24, 2.45) is 0 Å². The molecule has 6 nitrogen and oxygen atoms in total. The fraction of sp³-hybridized carbons (Fsp3) is 0. The molecule has 0 amide bonds. The Kier molecular flexibility index (Phi) is 4.89. The lowest BCUT2D eigenvalue weighted by Crippen LogP contribution is -1.99. The molecule has 3 N–H and O–H groups in total. The number of nitrogens with zero attached hydrogens (tertiary/aromatic N) is 1. The standard InChI is InChI=1S/C27H19N3O3S/c28-19-10-8-17(9-11-19)22-16-29-27-26(25(22)18-5-2-1-3-6-18)21-15-20(12-13-23(21)30-27)33-34(31)24-7-4-14-32-24/h1-16H,28H2,(H,29,30). The molecule has 0 aliphatic rings. The van der Waals surface area contributed by atoms with Gasteiger partial charge in [0.2, 0.25) is 5.09 Å². The molecule has 0 saturated carbocycles. The first kappa shape index (κ1) is 20.3. The molecule has 34 heavy (non-hydrogen) atoms. The minimum absolute atomic E-state index is 0.260. The number of fused-ring (bicyclic) bond motifs is 3. The Morgan fingerprint density at radius 1 is 0.912 bits per heavy atom. The second kappa shape index (κ2) is 8.20. The first-order chi connectivity index (χ1) is 16.7. The maximum absolute atomic E-state index is 12.5. The van der Waals surface area contributed by atoms with Gasteiger partial charge < -0.3 is 19.3 Å². The van der Waals surface area contributed by atoms with Crippen molar-refractivity contribution < 1.29 is 12.8 Å². The number of nitrogen functional groups attached to an aromatic ring is 1. The van der Waals surface area contributed by atoms with Gasteiger partial charge in [0.1, 0.15) is 11.4 Å². The van der Waals surface area contributed by atoms with Gasteiger partial charge in [0.25, 0.3) is 11.1 Å². The van der Waals surface area contributed by atoms with Crippen LogP contribution >= 0.6 is 0 Å². The van der Waals surface area contributed by atoms with Crippen molar-refractivity contribution in [1.82, 2.24) is 9.97 Å². The second-order valence-electron chi connectivity index (χ2n) is 7.84. The Labute approximate surface area is 197 Å². The zero-order valence-electron chi connectivity index (χ0n) is 17.9. The molecule has 3 aromatic carbocycles. The van der Waals surface area contributed by atoms with Crippen LogP contribution in [-0.2, 0) is 11.1 Å². The Morgan fingerprint density at radius 3 is 2.50 bits per heavy atom. The topological polar surface area (TPSA) is 94.1 Å². The van der Waals surface area contributed by atoms with E-state index in [2.05, 4.69) is 17.1 Å². The highest BCUT2D eigenvalue weighted by Gasteiger charge is 2.18. The maximum Gasteiger partial charge on any atom is 0.277 e. The molecule has 7 heteroatoms. The molecule has 0 fully saturated rings. The highest BCUT2D eigenvalue weighted by molar-refractivity contribution is 7.80. The number of aromatic nitrogens is 2. The molecule has 1 unspecified atom stereocenters. The number of anilines is 1. The molecule has 0 aliphatic carbocycles. The minimum atomic E-state index is -1.75. The van der Waals surface area contributed by atoms with E-state index >= 15 is 0 Å². The predicted molar refractivity (Wildman–Crippen MR) is 135 cm³/mol. The van der Waals surface area contributed by atoms with Gasteiger partial charge >= 0.3 is 0 Å². The summed E-state index contributed by atoms with van der Waals surface area (Å²) in [6, 6.07) is 26.8. The second-order valence-corrected chi connectivity index (χ2v) is 8.88. The molecule has 0 aliphatic heterocycles. The summed E-state index contributed by atoms with van der Waals surface area (Å²) in [5, 5.41) is 2.15. The van der Waals surface area contributed by atoms with E-state index < -0.39 is 11.1 Å². The van der Waals surface area contributed by atoms with E-state index in [1.165, 1.54) is 6.26 Å². The average Bonchev–Trinajstić information content (AvgIpc) is 3.53.